The highest BCUT2D eigenvalue weighted by molar-refractivity contribution is 5.03. The molecular weight excluding hydrogens is 176 g/mol. The van der Waals surface area contributed by atoms with Crippen molar-refractivity contribution in [3.8, 4) is 0 Å². The fourth-order valence-electron chi connectivity index (χ4n) is 0.993. The maximum Gasteiger partial charge on any atom is 0.264 e. The quantitative estimate of drug-likeness (QED) is 0.784. The van der Waals surface area contributed by atoms with E-state index in [0.29, 0.717) is 5.69 Å². The van der Waals surface area contributed by atoms with E-state index in [1.807, 2.05) is 0 Å². The van der Waals surface area contributed by atoms with Crippen molar-refractivity contribution >= 4 is 0 Å². The first-order valence-corrected chi connectivity index (χ1v) is 4.05. The standard InChI is InChI=1S/C8H13F2N3/c1-6(11)7-3-4-13(12-7)5-8(2,9)10/h3-4,6H,5,11H2,1-2H3. The van der Waals surface area contributed by atoms with Gasteiger partial charge in [0.25, 0.3) is 5.92 Å². The average molecular weight is 189 g/mol. The summed E-state index contributed by atoms with van der Waals surface area (Å²) < 4.78 is 26.3. The second-order valence-corrected chi connectivity index (χ2v) is 3.30. The van der Waals surface area contributed by atoms with E-state index >= 15 is 0 Å². The summed E-state index contributed by atoms with van der Waals surface area (Å²) in [6.45, 7) is 2.22. The summed E-state index contributed by atoms with van der Waals surface area (Å²) in [5.41, 5.74) is 6.16. The molecule has 1 heterocycles. The van der Waals surface area contributed by atoms with Crippen LogP contribution in [0.1, 0.15) is 25.6 Å². The highest BCUT2D eigenvalue weighted by Gasteiger charge is 2.22. The molecule has 1 aromatic rings. The van der Waals surface area contributed by atoms with Gasteiger partial charge in [-0.1, -0.05) is 0 Å². The second kappa shape index (κ2) is 3.41. The number of hydrogen-bond donors (Lipinski definition) is 1. The predicted molar refractivity (Wildman–Crippen MR) is 45.5 cm³/mol. The molecule has 1 atom stereocenters. The van der Waals surface area contributed by atoms with Gasteiger partial charge in [0.1, 0.15) is 6.54 Å². The van der Waals surface area contributed by atoms with Gasteiger partial charge in [0.15, 0.2) is 0 Å². The molecule has 0 aliphatic rings. The molecule has 0 saturated heterocycles. The zero-order chi connectivity index (χ0) is 10.1. The molecule has 0 fully saturated rings. The van der Waals surface area contributed by atoms with Crippen molar-refractivity contribution in [2.45, 2.75) is 32.4 Å². The molecule has 0 aliphatic carbocycles. The number of nitrogens with zero attached hydrogens (tertiary/aromatic N) is 2. The Morgan fingerprint density at radius 3 is 2.69 bits per heavy atom. The minimum Gasteiger partial charge on any atom is -0.323 e. The molecule has 1 rings (SSSR count). The van der Waals surface area contributed by atoms with Crippen LogP contribution in [0.5, 0.6) is 0 Å². The van der Waals surface area contributed by atoms with Crippen LogP contribution >= 0.6 is 0 Å². The number of halogens is 2. The van der Waals surface area contributed by atoms with Gasteiger partial charge in [-0.2, -0.15) is 5.10 Å². The summed E-state index contributed by atoms with van der Waals surface area (Å²) in [4.78, 5) is 0. The average Bonchev–Trinajstić information content (AvgIpc) is 2.31. The third-order valence-electron chi connectivity index (χ3n) is 1.57. The summed E-state index contributed by atoms with van der Waals surface area (Å²) in [7, 11) is 0. The smallest absolute Gasteiger partial charge is 0.264 e. The Labute approximate surface area is 75.5 Å². The van der Waals surface area contributed by atoms with Crippen molar-refractivity contribution in [2.24, 2.45) is 5.73 Å². The minimum atomic E-state index is -2.73. The lowest BCUT2D eigenvalue weighted by Crippen LogP contribution is -2.20. The summed E-state index contributed by atoms with van der Waals surface area (Å²) >= 11 is 0. The van der Waals surface area contributed by atoms with E-state index in [1.54, 1.807) is 13.0 Å². The van der Waals surface area contributed by atoms with Gasteiger partial charge in [0.2, 0.25) is 0 Å². The molecule has 74 valence electrons. The molecule has 0 spiro atoms. The van der Waals surface area contributed by atoms with Crippen molar-refractivity contribution < 1.29 is 8.78 Å². The van der Waals surface area contributed by atoms with E-state index in [-0.39, 0.29) is 6.04 Å². The third-order valence-corrected chi connectivity index (χ3v) is 1.57. The summed E-state index contributed by atoms with van der Waals surface area (Å²) in [5.74, 6) is -2.73. The van der Waals surface area contributed by atoms with E-state index in [1.165, 1.54) is 10.9 Å². The van der Waals surface area contributed by atoms with Gasteiger partial charge in [0, 0.05) is 19.2 Å². The SMILES string of the molecule is CC(N)c1ccn(CC(C)(F)F)n1. The van der Waals surface area contributed by atoms with E-state index < -0.39 is 12.5 Å². The van der Waals surface area contributed by atoms with Crippen LogP contribution in [0, 0.1) is 0 Å². The van der Waals surface area contributed by atoms with Crippen molar-refractivity contribution in [3.05, 3.63) is 18.0 Å². The van der Waals surface area contributed by atoms with Crippen LogP contribution in [0.3, 0.4) is 0 Å². The van der Waals surface area contributed by atoms with Crippen LogP contribution in [-0.2, 0) is 6.54 Å². The maximum atomic E-state index is 12.5. The molecule has 0 aliphatic heterocycles. The Balaban J connectivity index is 2.70. The van der Waals surface area contributed by atoms with Crippen molar-refractivity contribution in [2.75, 3.05) is 0 Å². The topological polar surface area (TPSA) is 43.8 Å². The first-order chi connectivity index (χ1) is 5.88. The van der Waals surface area contributed by atoms with Gasteiger partial charge in [-0.05, 0) is 13.0 Å². The third kappa shape index (κ3) is 3.10. The molecule has 0 radical (unpaired) electrons. The Kier molecular flexibility index (Phi) is 2.66. The zero-order valence-electron chi connectivity index (χ0n) is 7.67. The molecule has 0 aromatic carbocycles. The molecular formula is C8H13F2N3. The van der Waals surface area contributed by atoms with E-state index in [9.17, 15) is 8.78 Å². The molecule has 0 amide bonds. The van der Waals surface area contributed by atoms with Crippen molar-refractivity contribution in [1.29, 1.82) is 0 Å². The lowest BCUT2D eigenvalue weighted by Gasteiger charge is -2.09. The maximum absolute atomic E-state index is 12.5. The Morgan fingerprint density at radius 2 is 2.31 bits per heavy atom. The number of hydrogen-bond acceptors (Lipinski definition) is 2. The Hall–Kier alpha value is -0.970. The van der Waals surface area contributed by atoms with Crippen LogP contribution < -0.4 is 5.73 Å². The Morgan fingerprint density at radius 1 is 1.69 bits per heavy atom. The lowest BCUT2D eigenvalue weighted by atomic mass is 10.3. The fraction of sp³-hybridized carbons (Fsp3) is 0.625. The van der Waals surface area contributed by atoms with Crippen LogP contribution in [0.2, 0.25) is 0 Å². The number of alkyl halides is 2. The van der Waals surface area contributed by atoms with E-state index in [2.05, 4.69) is 5.10 Å². The number of nitrogens with two attached hydrogens (primary N) is 1. The predicted octanol–water partition coefficient (Wildman–Crippen LogP) is 1.56. The van der Waals surface area contributed by atoms with Gasteiger partial charge in [0.05, 0.1) is 5.69 Å². The molecule has 1 aromatic heterocycles. The van der Waals surface area contributed by atoms with Crippen LogP contribution in [-0.4, -0.2) is 15.7 Å². The summed E-state index contributed by atoms with van der Waals surface area (Å²) in [6, 6.07) is 1.43. The molecule has 0 bridgehead atoms. The largest absolute Gasteiger partial charge is 0.323 e. The Bertz CT molecular complexity index is 275. The fourth-order valence-corrected chi connectivity index (χ4v) is 0.993. The molecule has 1 unspecified atom stereocenters. The van der Waals surface area contributed by atoms with Gasteiger partial charge in [-0.3, -0.25) is 4.68 Å². The second-order valence-electron chi connectivity index (χ2n) is 3.30. The van der Waals surface area contributed by atoms with E-state index in [4.69, 9.17) is 5.73 Å². The number of aromatic nitrogens is 2. The van der Waals surface area contributed by atoms with Gasteiger partial charge >= 0.3 is 0 Å². The van der Waals surface area contributed by atoms with Gasteiger partial charge in [-0.15, -0.1) is 0 Å². The number of rotatable bonds is 3. The lowest BCUT2D eigenvalue weighted by molar-refractivity contribution is 0.000472. The first-order valence-electron chi connectivity index (χ1n) is 4.05. The molecule has 2 N–H and O–H groups in total. The molecule has 3 nitrogen and oxygen atoms in total. The molecule has 13 heavy (non-hydrogen) atoms. The van der Waals surface area contributed by atoms with Crippen LogP contribution in [0.15, 0.2) is 12.3 Å². The van der Waals surface area contributed by atoms with Gasteiger partial charge in [-0.25, -0.2) is 8.78 Å². The first kappa shape index (κ1) is 10.1. The van der Waals surface area contributed by atoms with Crippen molar-refractivity contribution in [3.63, 3.8) is 0 Å². The van der Waals surface area contributed by atoms with E-state index in [0.717, 1.165) is 6.92 Å². The highest BCUT2D eigenvalue weighted by Crippen LogP contribution is 2.15. The molecule has 5 heteroatoms. The minimum absolute atomic E-state index is 0.216. The summed E-state index contributed by atoms with van der Waals surface area (Å²) in [6.07, 6.45) is 1.51. The summed E-state index contributed by atoms with van der Waals surface area (Å²) in [5, 5.41) is 3.91. The highest BCUT2D eigenvalue weighted by atomic mass is 19.3. The van der Waals surface area contributed by atoms with Gasteiger partial charge < -0.3 is 5.73 Å². The van der Waals surface area contributed by atoms with Crippen molar-refractivity contribution in [1.82, 2.24) is 9.78 Å². The normalized spacial score (nSPS) is 14.5. The molecule has 0 saturated carbocycles. The monoisotopic (exact) mass is 189 g/mol. The zero-order valence-corrected chi connectivity index (χ0v) is 7.67. The van der Waals surface area contributed by atoms with Crippen LogP contribution in [0.25, 0.3) is 0 Å². The van der Waals surface area contributed by atoms with Crippen LogP contribution in [0.4, 0.5) is 8.78 Å².